The molecule has 0 saturated carbocycles. The van der Waals surface area contributed by atoms with Crippen molar-refractivity contribution in [3.05, 3.63) is 45.9 Å². The molecule has 1 aromatic carbocycles. The molecule has 0 radical (unpaired) electrons. The summed E-state index contributed by atoms with van der Waals surface area (Å²) in [7, 11) is 0. The van der Waals surface area contributed by atoms with Crippen LogP contribution in [0.5, 0.6) is 0 Å². The van der Waals surface area contributed by atoms with Gasteiger partial charge in [0.25, 0.3) is 5.56 Å². The molecule has 0 spiro atoms. The van der Waals surface area contributed by atoms with Crippen LogP contribution in [-0.4, -0.2) is 88.5 Å². The molecule has 2 aromatic rings. The van der Waals surface area contributed by atoms with E-state index in [9.17, 15) is 9.90 Å². The quantitative estimate of drug-likeness (QED) is 0.675. The van der Waals surface area contributed by atoms with Gasteiger partial charge < -0.3 is 15.2 Å². The molecule has 0 aliphatic carbocycles. The first-order valence-corrected chi connectivity index (χ1v) is 9.76. The highest BCUT2D eigenvalue weighted by molar-refractivity contribution is 5.85. The van der Waals surface area contributed by atoms with E-state index in [1.165, 1.54) is 0 Å². The lowest BCUT2D eigenvalue weighted by atomic mass is 9.98. The van der Waals surface area contributed by atoms with Crippen LogP contribution in [0.25, 0.3) is 10.8 Å². The molecule has 4 rings (SSSR count). The van der Waals surface area contributed by atoms with Crippen molar-refractivity contribution >= 4 is 10.8 Å². The number of rotatable bonds is 5. The molecule has 1 unspecified atom stereocenters. The van der Waals surface area contributed by atoms with Gasteiger partial charge in [-0.3, -0.25) is 19.5 Å². The zero-order chi connectivity index (χ0) is 18.8. The van der Waals surface area contributed by atoms with Crippen molar-refractivity contribution in [2.45, 2.75) is 19.2 Å². The van der Waals surface area contributed by atoms with Crippen LogP contribution >= 0.6 is 0 Å². The molecule has 1 saturated heterocycles. The molecular weight excluding hydrogens is 344 g/mol. The van der Waals surface area contributed by atoms with E-state index in [1.807, 2.05) is 24.3 Å². The highest BCUT2D eigenvalue weighted by atomic mass is 16.3. The maximum atomic E-state index is 12.3. The van der Waals surface area contributed by atoms with Crippen LogP contribution in [0.15, 0.2) is 29.1 Å². The molecular formula is C20H28N4O3. The number of pyridine rings is 1. The highest BCUT2D eigenvalue weighted by Gasteiger charge is 2.27. The minimum atomic E-state index is -0.520. The third-order valence-corrected chi connectivity index (χ3v) is 5.86. The zero-order valence-corrected chi connectivity index (χ0v) is 15.6. The Kier molecular flexibility index (Phi) is 5.56. The van der Waals surface area contributed by atoms with Crippen LogP contribution in [0, 0.1) is 0 Å². The molecule has 0 amide bonds. The maximum absolute atomic E-state index is 12.3. The Hall–Kier alpha value is -1.77. The average Bonchev–Trinajstić information content (AvgIpc) is 2.70. The summed E-state index contributed by atoms with van der Waals surface area (Å²) in [4.78, 5) is 21.9. The number of aliphatic hydroxyl groups excluding tert-OH is 2. The van der Waals surface area contributed by atoms with Crippen LogP contribution in [-0.2, 0) is 13.0 Å². The summed E-state index contributed by atoms with van der Waals surface area (Å²) in [5, 5.41) is 21.6. The third kappa shape index (κ3) is 3.93. The van der Waals surface area contributed by atoms with E-state index < -0.39 is 6.23 Å². The summed E-state index contributed by atoms with van der Waals surface area (Å²) in [6.45, 7) is 6.64. The Labute approximate surface area is 158 Å². The number of piperazine rings is 1. The lowest BCUT2D eigenvalue weighted by Gasteiger charge is -2.39. The van der Waals surface area contributed by atoms with E-state index >= 15 is 0 Å². The molecule has 2 aliphatic rings. The van der Waals surface area contributed by atoms with Crippen molar-refractivity contribution in [1.82, 2.24) is 19.7 Å². The summed E-state index contributed by atoms with van der Waals surface area (Å²) in [5.41, 5.74) is 2.10. The number of nitrogens with one attached hydrogen (secondary N) is 1. The van der Waals surface area contributed by atoms with Gasteiger partial charge in [-0.2, -0.15) is 0 Å². The van der Waals surface area contributed by atoms with Gasteiger partial charge in [0.15, 0.2) is 0 Å². The minimum Gasteiger partial charge on any atom is -0.395 e. The van der Waals surface area contributed by atoms with Gasteiger partial charge in [-0.25, -0.2) is 0 Å². The standard InChI is InChI=1S/C20H28N4O3/c25-12-11-22-7-9-23(10-8-22)14-19(26)24-6-5-18-17(13-24)15-3-1-2-4-16(15)20(27)21-18/h1-4,19,25-26H,5-14H2,(H,21,27). The van der Waals surface area contributed by atoms with Gasteiger partial charge in [-0.15, -0.1) is 0 Å². The Morgan fingerprint density at radius 2 is 1.74 bits per heavy atom. The first-order valence-electron chi connectivity index (χ1n) is 9.76. The predicted molar refractivity (Wildman–Crippen MR) is 105 cm³/mol. The van der Waals surface area contributed by atoms with Gasteiger partial charge in [0.05, 0.1) is 6.61 Å². The van der Waals surface area contributed by atoms with Crippen LogP contribution < -0.4 is 5.56 Å². The fraction of sp³-hybridized carbons (Fsp3) is 0.550. The average molecular weight is 372 g/mol. The van der Waals surface area contributed by atoms with E-state index in [4.69, 9.17) is 5.11 Å². The highest BCUT2D eigenvalue weighted by Crippen LogP contribution is 2.25. The Morgan fingerprint density at radius 3 is 2.48 bits per heavy atom. The van der Waals surface area contributed by atoms with Crippen molar-refractivity contribution in [2.75, 3.05) is 52.4 Å². The predicted octanol–water partition coefficient (Wildman–Crippen LogP) is -0.185. The molecule has 1 aromatic heterocycles. The van der Waals surface area contributed by atoms with E-state index in [1.54, 1.807) is 0 Å². The molecule has 1 atom stereocenters. The maximum Gasteiger partial charge on any atom is 0.256 e. The van der Waals surface area contributed by atoms with Crippen LogP contribution in [0.3, 0.4) is 0 Å². The summed E-state index contributed by atoms with van der Waals surface area (Å²) in [5.74, 6) is 0. The van der Waals surface area contributed by atoms with Crippen LogP contribution in [0.2, 0.25) is 0 Å². The molecule has 2 aliphatic heterocycles. The lowest BCUT2D eigenvalue weighted by Crippen LogP contribution is -2.52. The van der Waals surface area contributed by atoms with Crippen molar-refractivity contribution in [2.24, 2.45) is 0 Å². The summed E-state index contributed by atoms with van der Waals surface area (Å²) < 4.78 is 0. The number of hydrogen-bond donors (Lipinski definition) is 3. The Balaban J connectivity index is 1.44. The molecule has 3 heterocycles. The minimum absolute atomic E-state index is 0.0286. The molecule has 7 heteroatoms. The second-order valence-electron chi connectivity index (χ2n) is 7.52. The Bertz CT molecular complexity index is 845. The lowest BCUT2D eigenvalue weighted by molar-refractivity contribution is -0.0372. The summed E-state index contributed by atoms with van der Waals surface area (Å²) in [6, 6.07) is 7.70. The van der Waals surface area contributed by atoms with Crippen LogP contribution in [0.1, 0.15) is 11.3 Å². The van der Waals surface area contributed by atoms with Crippen molar-refractivity contribution < 1.29 is 10.2 Å². The molecule has 0 bridgehead atoms. The van der Waals surface area contributed by atoms with Gasteiger partial charge in [-0.1, -0.05) is 18.2 Å². The number of benzene rings is 1. The largest absolute Gasteiger partial charge is 0.395 e. The smallest absolute Gasteiger partial charge is 0.256 e. The first-order chi connectivity index (χ1) is 13.2. The normalized spacial score (nSPS) is 20.7. The Morgan fingerprint density at radius 1 is 1.04 bits per heavy atom. The van der Waals surface area contributed by atoms with Crippen LogP contribution in [0.4, 0.5) is 0 Å². The number of hydrogen-bond acceptors (Lipinski definition) is 6. The third-order valence-electron chi connectivity index (χ3n) is 5.86. The van der Waals surface area contributed by atoms with Crippen molar-refractivity contribution in [3.63, 3.8) is 0 Å². The number of aromatic amines is 1. The van der Waals surface area contributed by atoms with Gasteiger partial charge >= 0.3 is 0 Å². The van der Waals surface area contributed by atoms with E-state index in [2.05, 4.69) is 19.7 Å². The monoisotopic (exact) mass is 372 g/mol. The van der Waals surface area contributed by atoms with Gasteiger partial charge in [-0.05, 0) is 17.0 Å². The molecule has 146 valence electrons. The summed E-state index contributed by atoms with van der Waals surface area (Å²) in [6.07, 6.45) is 0.227. The molecule has 3 N–H and O–H groups in total. The molecule has 1 fully saturated rings. The summed E-state index contributed by atoms with van der Waals surface area (Å²) >= 11 is 0. The number of aliphatic hydroxyl groups is 2. The fourth-order valence-electron chi connectivity index (χ4n) is 4.26. The fourth-order valence-corrected chi connectivity index (χ4v) is 4.26. The van der Waals surface area contributed by atoms with Crippen molar-refractivity contribution in [1.29, 1.82) is 0 Å². The molecule has 7 nitrogen and oxygen atoms in total. The van der Waals surface area contributed by atoms with E-state index in [0.717, 1.165) is 62.3 Å². The number of β-amino-alcohol motifs (C(OH)–C–C–N with tert-alkyl or cyclic N) is 2. The van der Waals surface area contributed by atoms with E-state index in [0.29, 0.717) is 18.5 Å². The number of H-pyrrole nitrogens is 1. The number of aromatic nitrogens is 1. The van der Waals surface area contributed by atoms with Crippen molar-refractivity contribution in [3.8, 4) is 0 Å². The molecule has 27 heavy (non-hydrogen) atoms. The van der Waals surface area contributed by atoms with Gasteiger partial charge in [0, 0.05) is 69.9 Å². The number of fused-ring (bicyclic) bond motifs is 3. The first kappa shape index (κ1) is 18.6. The topological polar surface area (TPSA) is 83.0 Å². The second-order valence-corrected chi connectivity index (χ2v) is 7.52. The second kappa shape index (κ2) is 8.08. The number of nitrogens with zero attached hydrogens (tertiary/aromatic N) is 3. The zero-order valence-electron chi connectivity index (χ0n) is 15.6. The van der Waals surface area contributed by atoms with Gasteiger partial charge in [0.2, 0.25) is 0 Å². The van der Waals surface area contributed by atoms with Gasteiger partial charge in [0.1, 0.15) is 6.23 Å². The SMILES string of the molecule is O=c1[nH]c2c(c3ccccc13)CN(C(O)CN1CCN(CCO)CC1)CC2. The van der Waals surface area contributed by atoms with E-state index in [-0.39, 0.29) is 12.2 Å².